The summed E-state index contributed by atoms with van der Waals surface area (Å²) in [5.74, 6) is 0.0765. The van der Waals surface area contributed by atoms with Gasteiger partial charge in [0.1, 0.15) is 16.5 Å². The Balaban J connectivity index is 1.92. The number of rotatable bonds is 4. The summed E-state index contributed by atoms with van der Waals surface area (Å²) in [6, 6.07) is 6.73. The van der Waals surface area contributed by atoms with Gasteiger partial charge in [-0.15, -0.1) is 11.3 Å². The number of carbonyl (C=O) groups is 2. The highest BCUT2D eigenvalue weighted by molar-refractivity contribution is 7.16. The molecule has 0 spiro atoms. The first-order valence-corrected chi connectivity index (χ1v) is 9.85. The van der Waals surface area contributed by atoms with E-state index in [4.69, 9.17) is 32.4 Å². The zero-order valence-corrected chi connectivity index (χ0v) is 17.9. The fourth-order valence-electron chi connectivity index (χ4n) is 2.73. The number of furan rings is 1. The molecule has 0 saturated carbocycles. The van der Waals surface area contributed by atoms with Crippen molar-refractivity contribution in [1.82, 2.24) is 0 Å². The molecule has 0 saturated heterocycles. The number of carbonyl (C=O) groups excluding carboxylic acids is 2. The zero-order chi connectivity index (χ0) is 20.6. The average Bonchev–Trinajstić information content (AvgIpc) is 3.17. The van der Waals surface area contributed by atoms with Gasteiger partial charge in [-0.1, -0.05) is 23.2 Å². The van der Waals surface area contributed by atoms with Gasteiger partial charge in [-0.05, 0) is 50.6 Å². The molecule has 1 N–H and O–H groups in total. The number of nitrogens with one attached hydrogen (secondary N) is 1. The van der Waals surface area contributed by atoms with E-state index in [-0.39, 0.29) is 5.91 Å². The molecule has 0 fully saturated rings. The minimum Gasteiger partial charge on any atom is -0.465 e. The molecule has 2 heterocycles. The van der Waals surface area contributed by atoms with E-state index < -0.39 is 5.97 Å². The first-order valence-electron chi connectivity index (χ1n) is 8.28. The molecule has 5 nitrogen and oxygen atoms in total. The van der Waals surface area contributed by atoms with Crippen LogP contribution in [-0.4, -0.2) is 19.0 Å². The fourth-order valence-corrected chi connectivity index (χ4v) is 4.07. The van der Waals surface area contributed by atoms with Crippen LogP contribution in [0.3, 0.4) is 0 Å². The molecule has 3 rings (SSSR count). The minimum absolute atomic E-state index is 0.362. The van der Waals surface area contributed by atoms with Crippen molar-refractivity contribution >= 4 is 51.4 Å². The maximum Gasteiger partial charge on any atom is 0.341 e. The second kappa shape index (κ2) is 7.99. The van der Waals surface area contributed by atoms with Crippen molar-refractivity contribution in [3.63, 3.8) is 0 Å². The van der Waals surface area contributed by atoms with E-state index >= 15 is 0 Å². The van der Waals surface area contributed by atoms with Gasteiger partial charge < -0.3 is 14.5 Å². The Morgan fingerprint density at radius 3 is 2.46 bits per heavy atom. The molecule has 146 valence electrons. The second-order valence-corrected chi connectivity index (χ2v) is 8.18. The molecule has 0 aliphatic rings. The van der Waals surface area contributed by atoms with Crippen molar-refractivity contribution in [2.75, 3.05) is 12.4 Å². The summed E-state index contributed by atoms with van der Waals surface area (Å²) in [5, 5.41) is 4.08. The zero-order valence-electron chi connectivity index (χ0n) is 15.6. The van der Waals surface area contributed by atoms with E-state index in [1.54, 1.807) is 31.2 Å². The highest BCUT2D eigenvalue weighted by Gasteiger charge is 2.24. The summed E-state index contributed by atoms with van der Waals surface area (Å²) < 4.78 is 10.6. The summed E-state index contributed by atoms with van der Waals surface area (Å²) in [6.07, 6.45) is 0. The molecule has 0 aliphatic carbocycles. The van der Waals surface area contributed by atoms with Crippen LogP contribution in [0.4, 0.5) is 5.00 Å². The number of ether oxygens (including phenoxy) is 1. The monoisotopic (exact) mass is 437 g/mol. The van der Waals surface area contributed by atoms with Gasteiger partial charge in [-0.25, -0.2) is 4.79 Å². The molecular weight excluding hydrogens is 421 g/mol. The highest BCUT2D eigenvalue weighted by atomic mass is 35.5. The van der Waals surface area contributed by atoms with Crippen molar-refractivity contribution in [3.05, 3.63) is 61.6 Å². The molecule has 28 heavy (non-hydrogen) atoms. The van der Waals surface area contributed by atoms with Gasteiger partial charge in [0.2, 0.25) is 0 Å². The lowest BCUT2D eigenvalue weighted by molar-refractivity contribution is 0.0601. The number of benzene rings is 1. The smallest absolute Gasteiger partial charge is 0.341 e. The summed E-state index contributed by atoms with van der Waals surface area (Å²) in [6.45, 7) is 5.40. The van der Waals surface area contributed by atoms with Crippen LogP contribution in [0.25, 0.3) is 11.3 Å². The van der Waals surface area contributed by atoms with Crippen molar-refractivity contribution in [1.29, 1.82) is 0 Å². The Bertz CT molecular complexity index is 1080. The standard InChI is InChI=1S/C20H17Cl2NO4S/c1-9-11(3)28-19(17(9)20(25)26-4)23-18(24)13-8-16(27-10(13)2)12-5-6-14(21)15(22)7-12/h5-8H,1-4H3,(H,23,24). The fraction of sp³-hybridized carbons (Fsp3) is 0.200. The summed E-state index contributed by atoms with van der Waals surface area (Å²) in [5.41, 5.74) is 2.21. The largest absolute Gasteiger partial charge is 0.465 e. The van der Waals surface area contributed by atoms with Crippen LogP contribution in [0.2, 0.25) is 10.0 Å². The number of halogens is 2. The lowest BCUT2D eigenvalue weighted by Crippen LogP contribution is -2.14. The van der Waals surface area contributed by atoms with Gasteiger partial charge in [-0.2, -0.15) is 0 Å². The highest BCUT2D eigenvalue weighted by Crippen LogP contribution is 2.35. The normalized spacial score (nSPS) is 10.8. The quantitative estimate of drug-likeness (QED) is 0.487. The molecule has 0 atom stereocenters. The van der Waals surface area contributed by atoms with Crippen molar-refractivity contribution in [2.24, 2.45) is 0 Å². The average molecular weight is 438 g/mol. The molecule has 3 aromatic rings. The van der Waals surface area contributed by atoms with Crippen molar-refractivity contribution in [3.8, 4) is 11.3 Å². The third kappa shape index (κ3) is 3.81. The van der Waals surface area contributed by atoms with Gasteiger partial charge >= 0.3 is 5.97 Å². The lowest BCUT2D eigenvalue weighted by Gasteiger charge is -2.05. The van der Waals surface area contributed by atoms with E-state index in [9.17, 15) is 9.59 Å². The number of aryl methyl sites for hydroxylation is 2. The van der Waals surface area contributed by atoms with Crippen molar-refractivity contribution in [2.45, 2.75) is 20.8 Å². The maximum absolute atomic E-state index is 12.8. The van der Waals surface area contributed by atoms with E-state index in [2.05, 4.69) is 5.32 Å². The maximum atomic E-state index is 12.8. The van der Waals surface area contributed by atoms with Crippen LogP contribution in [-0.2, 0) is 4.74 Å². The van der Waals surface area contributed by atoms with E-state index in [0.29, 0.717) is 43.3 Å². The van der Waals surface area contributed by atoms with Crippen LogP contribution in [0.15, 0.2) is 28.7 Å². The number of hydrogen-bond donors (Lipinski definition) is 1. The van der Waals surface area contributed by atoms with Crippen LogP contribution >= 0.6 is 34.5 Å². The Morgan fingerprint density at radius 2 is 1.82 bits per heavy atom. The number of amides is 1. The van der Waals surface area contributed by atoms with Crippen LogP contribution in [0, 0.1) is 20.8 Å². The Hall–Kier alpha value is -2.28. The number of methoxy groups -OCH3 is 1. The molecule has 1 amide bonds. The lowest BCUT2D eigenvalue weighted by atomic mass is 10.1. The molecule has 2 aromatic heterocycles. The summed E-state index contributed by atoms with van der Waals surface area (Å²) in [7, 11) is 1.31. The van der Waals surface area contributed by atoms with Gasteiger partial charge in [0, 0.05) is 10.4 Å². The van der Waals surface area contributed by atoms with E-state index in [1.165, 1.54) is 18.4 Å². The number of thiophene rings is 1. The molecule has 1 aromatic carbocycles. The first-order chi connectivity index (χ1) is 13.2. The van der Waals surface area contributed by atoms with Crippen LogP contribution in [0.5, 0.6) is 0 Å². The molecule has 0 radical (unpaired) electrons. The van der Waals surface area contributed by atoms with Crippen LogP contribution < -0.4 is 5.32 Å². The van der Waals surface area contributed by atoms with Gasteiger partial charge in [0.15, 0.2) is 0 Å². The number of esters is 1. The topological polar surface area (TPSA) is 68.5 Å². The van der Waals surface area contributed by atoms with Crippen molar-refractivity contribution < 1.29 is 18.7 Å². The Morgan fingerprint density at radius 1 is 1.11 bits per heavy atom. The minimum atomic E-state index is -0.488. The molecule has 0 unspecified atom stereocenters. The van der Waals surface area contributed by atoms with Crippen LogP contribution in [0.1, 0.15) is 36.9 Å². The summed E-state index contributed by atoms with van der Waals surface area (Å²) in [4.78, 5) is 25.8. The molecule has 0 aliphatic heterocycles. The third-order valence-corrected chi connectivity index (χ3v) is 6.23. The second-order valence-electron chi connectivity index (χ2n) is 6.14. The SMILES string of the molecule is COC(=O)c1c(NC(=O)c2cc(-c3ccc(Cl)c(Cl)c3)oc2C)sc(C)c1C. The molecular formula is C20H17Cl2NO4S. The number of anilines is 1. The third-order valence-electron chi connectivity index (χ3n) is 4.37. The van der Waals surface area contributed by atoms with E-state index in [0.717, 1.165) is 10.4 Å². The Kier molecular flexibility index (Phi) is 5.84. The van der Waals surface area contributed by atoms with Gasteiger partial charge in [0.05, 0.1) is 28.3 Å². The van der Waals surface area contributed by atoms with Gasteiger partial charge in [0.25, 0.3) is 5.91 Å². The molecule has 0 bridgehead atoms. The summed E-state index contributed by atoms with van der Waals surface area (Å²) >= 11 is 13.3. The van der Waals surface area contributed by atoms with E-state index in [1.807, 2.05) is 13.8 Å². The predicted molar refractivity (Wildman–Crippen MR) is 112 cm³/mol. The van der Waals surface area contributed by atoms with Gasteiger partial charge in [-0.3, -0.25) is 4.79 Å². The predicted octanol–water partition coefficient (Wildman–Crippen LogP) is 6.28. The first kappa shape index (κ1) is 20.5. The Labute approximate surface area is 176 Å². The number of hydrogen-bond acceptors (Lipinski definition) is 5. The molecule has 8 heteroatoms.